The Balaban J connectivity index is 1.46. The number of piperazine rings is 1. The Bertz CT molecular complexity index is 799. The van der Waals surface area contributed by atoms with Crippen LogP contribution in [0.2, 0.25) is 0 Å². The summed E-state index contributed by atoms with van der Waals surface area (Å²) in [7, 11) is 0. The van der Waals surface area contributed by atoms with E-state index in [-0.39, 0.29) is 18.5 Å². The molecule has 2 aromatic rings. The number of aryl methyl sites for hydroxylation is 1. The summed E-state index contributed by atoms with van der Waals surface area (Å²) in [4.78, 5) is 28.4. The van der Waals surface area contributed by atoms with Crippen LogP contribution in [-0.4, -0.2) is 49.6 Å². The normalized spacial score (nSPS) is 14.0. The summed E-state index contributed by atoms with van der Waals surface area (Å²) in [5.41, 5.74) is 4.50. The van der Waals surface area contributed by atoms with E-state index in [0.29, 0.717) is 18.8 Å². The van der Waals surface area contributed by atoms with Crippen LogP contribution in [0.15, 0.2) is 48.5 Å². The van der Waals surface area contributed by atoms with Gasteiger partial charge in [0.1, 0.15) is 0 Å². The zero-order chi connectivity index (χ0) is 19.2. The largest absolute Gasteiger partial charge is 0.368 e. The minimum absolute atomic E-state index is 0.00212. The van der Waals surface area contributed by atoms with E-state index in [9.17, 15) is 9.59 Å². The first-order valence-corrected chi connectivity index (χ1v) is 9.23. The molecule has 1 fully saturated rings. The van der Waals surface area contributed by atoms with Crippen molar-refractivity contribution in [1.82, 2.24) is 10.2 Å². The second-order valence-corrected chi connectivity index (χ2v) is 6.76. The molecule has 0 saturated carbocycles. The molecule has 3 amide bonds. The number of amides is 3. The number of nitrogens with zero attached hydrogens (tertiary/aromatic N) is 2. The monoisotopic (exact) mass is 366 g/mol. The highest BCUT2D eigenvalue weighted by molar-refractivity contribution is 5.92. The number of rotatable bonds is 4. The van der Waals surface area contributed by atoms with E-state index in [4.69, 9.17) is 0 Å². The van der Waals surface area contributed by atoms with Crippen LogP contribution in [0.5, 0.6) is 0 Å². The number of nitrogens with one attached hydrogen (secondary N) is 2. The maximum Gasteiger partial charge on any atom is 0.319 e. The molecule has 6 nitrogen and oxygen atoms in total. The fourth-order valence-corrected chi connectivity index (χ4v) is 3.24. The Morgan fingerprint density at radius 2 is 1.63 bits per heavy atom. The lowest BCUT2D eigenvalue weighted by atomic mass is 10.1. The second-order valence-electron chi connectivity index (χ2n) is 6.76. The third-order valence-corrected chi connectivity index (χ3v) is 4.98. The van der Waals surface area contributed by atoms with Crippen LogP contribution in [0.4, 0.5) is 16.2 Å². The Kier molecular flexibility index (Phi) is 5.96. The molecule has 0 radical (unpaired) electrons. The minimum atomic E-state index is -0.372. The van der Waals surface area contributed by atoms with Crippen molar-refractivity contribution >= 4 is 23.3 Å². The maximum atomic E-state index is 12.4. The van der Waals surface area contributed by atoms with Crippen LogP contribution >= 0.6 is 0 Å². The van der Waals surface area contributed by atoms with Gasteiger partial charge >= 0.3 is 6.03 Å². The highest BCUT2D eigenvalue weighted by Gasteiger charge is 2.22. The minimum Gasteiger partial charge on any atom is -0.368 e. The first kappa shape index (κ1) is 18.8. The summed E-state index contributed by atoms with van der Waals surface area (Å²) in [6.45, 7) is 7.17. The van der Waals surface area contributed by atoms with E-state index >= 15 is 0 Å². The van der Waals surface area contributed by atoms with Crippen molar-refractivity contribution in [2.45, 2.75) is 13.8 Å². The second kappa shape index (κ2) is 8.58. The number of urea groups is 1. The van der Waals surface area contributed by atoms with Crippen molar-refractivity contribution in [1.29, 1.82) is 0 Å². The Labute approximate surface area is 160 Å². The van der Waals surface area contributed by atoms with E-state index in [1.165, 1.54) is 16.8 Å². The molecule has 3 rings (SSSR count). The molecule has 2 N–H and O–H groups in total. The van der Waals surface area contributed by atoms with E-state index in [0.717, 1.165) is 13.1 Å². The molecule has 27 heavy (non-hydrogen) atoms. The molecule has 2 aromatic carbocycles. The molecule has 6 heteroatoms. The SMILES string of the molecule is Cc1cccc(N2CCN(C(=O)CNC(=O)Nc3ccccc3)CC2)c1C. The summed E-state index contributed by atoms with van der Waals surface area (Å²) < 4.78 is 0. The van der Waals surface area contributed by atoms with E-state index in [2.05, 4.69) is 47.6 Å². The number of benzene rings is 2. The van der Waals surface area contributed by atoms with Gasteiger partial charge in [0.15, 0.2) is 0 Å². The zero-order valence-electron chi connectivity index (χ0n) is 15.9. The van der Waals surface area contributed by atoms with Crippen molar-refractivity contribution in [3.63, 3.8) is 0 Å². The van der Waals surface area contributed by atoms with Crippen LogP contribution in [0.25, 0.3) is 0 Å². The summed E-state index contributed by atoms with van der Waals surface area (Å²) in [5.74, 6) is -0.0566. The van der Waals surface area contributed by atoms with Gasteiger partial charge in [0.05, 0.1) is 6.54 Å². The molecule has 0 atom stereocenters. The van der Waals surface area contributed by atoms with Crippen molar-refractivity contribution in [3.8, 4) is 0 Å². The van der Waals surface area contributed by atoms with Gasteiger partial charge in [-0.15, -0.1) is 0 Å². The molecule has 1 heterocycles. The molecule has 0 unspecified atom stereocenters. The van der Waals surface area contributed by atoms with Gasteiger partial charge in [-0.2, -0.15) is 0 Å². The third-order valence-electron chi connectivity index (χ3n) is 4.98. The lowest BCUT2D eigenvalue weighted by Crippen LogP contribution is -2.51. The van der Waals surface area contributed by atoms with E-state index in [1.54, 1.807) is 12.1 Å². The first-order valence-electron chi connectivity index (χ1n) is 9.23. The number of carbonyl (C=O) groups excluding carboxylic acids is 2. The lowest BCUT2D eigenvalue weighted by molar-refractivity contribution is -0.130. The molecule has 0 aliphatic carbocycles. The summed E-state index contributed by atoms with van der Waals surface area (Å²) in [6, 6.07) is 15.1. The molecule has 1 saturated heterocycles. The number of anilines is 2. The molecular formula is C21H26N4O2. The van der Waals surface area contributed by atoms with Gasteiger partial charge in [-0.1, -0.05) is 30.3 Å². The average molecular weight is 366 g/mol. The highest BCUT2D eigenvalue weighted by atomic mass is 16.2. The van der Waals surface area contributed by atoms with Crippen molar-refractivity contribution in [2.24, 2.45) is 0 Å². The fourth-order valence-electron chi connectivity index (χ4n) is 3.24. The van der Waals surface area contributed by atoms with Crippen LogP contribution in [0, 0.1) is 13.8 Å². The van der Waals surface area contributed by atoms with Gasteiger partial charge in [-0.05, 0) is 43.2 Å². The standard InChI is InChI=1S/C21H26N4O2/c1-16-7-6-10-19(17(16)2)24-11-13-25(14-12-24)20(26)15-22-21(27)23-18-8-4-3-5-9-18/h3-10H,11-15H2,1-2H3,(H2,22,23,27). The molecule has 142 valence electrons. The molecule has 1 aliphatic heterocycles. The first-order chi connectivity index (χ1) is 13.0. The fraction of sp³-hybridized carbons (Fsp3) is 0.333. The molecule has 0 bridgehead atoms. The van der Waals surface area contributed by atoms with Crippen molar-refractivity contribution < 1.29 is 9.59 Å². The highest BCUT2D eigenvalue weighted by Crippen LogP contribution is 2.23. The van der Waals surface area contributed by atoms with E-state index < -0.39 is 0 Å². The van der Waals surface area contributed by atoms with Gasteiger partial charge in [0.2, 0.25) is 5.91 Å². The van der Waals surface area contributed by atoms with Gasteiger partial charge in [0.25, 0.3) is 0 Å². The molecule has 1 aliphatic rings. The third kappa shape index (κ3) is 4.78. The van der Waals surface area contributed by atoms with E-state index in [1.807, 2.05) is 23.1 Å². The van der Waals surface area contributed by atoms with Crippen LogP contribution < -0.4 is 15.5 Å². The topological polar surface area (TPSA) is 64.7 Å². The lowest BCUT2D eigenvalue weighted by Gasteiger charge is -2.37. The van der Waals surface area contributed by atoms with Gasteiger partial charge in [-0.3, -0.25) is 4.79 Å². The van der Waals surface area contributed by atoms with Gasteiger partial charge < -0.3 is 20.4 Å². The van der Waals surface area contributed by atoms with Crippen LogP contribution in [-0.2, 0) is 4.79 Å². The van der Waals surface area contributed by atoms with Crippen molar-refractivity contribution in [2.75, 3.05) is 42.9 Å². The number of para-hydroxylation sites is 1. The Morgan fingerprint density at radius 1 is 0.926 bits per heavy atom. The average Bonchev–Trinajstić information content (AvgIpc) is 2.69. The summed E-state index contributed by atoms with van der Waals surface area (Å²) in [5, 5.41) is 5.34. The van der Waals surface area contributed by atoms with Crippen LogP contribution in [0.3, 0.4) is 0 Å². The van der Waals surface area contributed by atoms with Gasteiger partial charge in [-0.25, -0.2) is 4.79 Å². The quantitative estimate of drug-likeness (QED) is 0.875. The molecule has 0 aromatic heterocycles. The van der Waals surface area contributed by atoms with Gasteiger partial charge in [0, 0.05) is 37.6 Å². The maximum absolute atomic E-state index is 12.4. The molecular weight excluding hydrogens is 340 g/mol. The Hall–Kier alpha value is -3.02. The van der Waals surface area contributed by atoms with Crippen LogP contribution in [0.1, 0.15) is 11.1 Å². The summed E-state index contributed by atoms with van der Waals surface area (Å²) in [6.07, 6.45) is 0. The zero-order valence-corrected chi connectivity index (χ0v) is 15.9. The van der Waals surface area contributed by atoms with Crippen molar-refractivity contribution in [3.05, 3.63) is 59.7 Å². The molecule has 0 spiro atoms. The predicted molar refractivity (Wildman–Crippen MR) is 108 cm³/mol. The number of hydrogen-bond donors (Lipinski definition) is 2. The summed E-state index contributed by atoms with van der Waals surface area (Å²) >= 11 is 0. The number of carbonyl (C=O) groups is 2. The smallest absolute Gasteiger partial charge is 0.319 e. The predicted octanol–water partition coefficient (Wildman–Crippen LogP) is 2.77. The number of hydrogen-bond acceptors (Lipinski definition) is 3. The Morgan fingerprint density at radius 3 is 2.33 bits per heavy atom.